The molecule has 4 aromatic carbocycles. The van der Waals surface area contributed by atoms with Gasteiger partial charge in [-0.2, -0.15) is 5.10 Å². The summed E-state index contributed by atoms with van der Waals surface area (Å²) in [5.74, 6) is -1.19. The first-order valence-corrected chi connectivity index (χ1v) is 13.5. The summed E-state index contributed by atoms with van der Waals surface area (Å²) in [5.41, 5.74) is 7.40. The van der Waals surface area contributed by atoms with E-state index >= 15 is 0 Å². The number of rotatable bonds is 7. The second kappa shape index (κ2) is 10.7. The van der Waals surface area contributed by atoms with Crippen LogP contribution in [0.15, 0.2) is 89.7 Å². The summed E-state index contributed by atoms with van der Waals surface area (Å²) in [7, 11) is 0. The molecule has 0 saturated carbocycles. The molecular formula is C32H27N5O4. The van der Waals surface area contributed by atoms with Crippen LogP contribution < -0.4 is 21.3 Å². The molecule has 0 unspecified atom stereocenters. The molecule has 5 aromatic rings. The summed E-state index contributed by atoms with van der Waals surface area (Å²) in [6.07, 6.45) is 1.61. The van der Waals surface area contributed by atoms with Gasteiger partial charge < -0.3 is 4.90 Å². The van der Waals surface area contributed by atoms with Gasteiger partial charge in [-0.25, -0.2) is 4.68 Å². The van der Waals surface area contributed by atoms with E-state index in [2.05, 4.69) is 16.0 Å². The van der Waals surface area contributed by atoms with Crippen molar-refractivity contribution in [3.8, 4) is 0 Å². The number of aryl methyl sites for hydroxylation is 1. The fourth-order valence-corrected chi connectivity index (χ4v) is 5.19. The van der Waals surface area contributed by atoms with E-state index < -0.39 is 11.8 Å². The van der Waals surface area contributed by atoms with Gasteiger partial charge in [0, 0.05) is 28.4 Å². The van der Waals surface area contributed by atoms with E-state index in [1.165, 1.54) is 4.68 Å². The third-order valence-electron chi connectivity index (χ3n) is 7.30. The molecule has 0 bridgehead atoms. The van der Waals surface area contributed by atoms with Crippen LogP contribution in [0.3, 0.4) is 0 Å². The first-order valence-electron chi connectivity index (χ1n) is 13.5. The van der Waals surface area contributed by atoms with Crippen molar-refractivity contribution in [3.63, 3.8) is 0 Å². The second-order valence-electron chi connectivity index (χ2n) is 9.95. The van der Waals surface area contributed by atoms with E-state index in [0.717, 1.165) is 34.9 Å². The largest absolute Gasteiger partial charge is 0.303 e. The van der Waals surface area contributed by atoms with E-state index in [9.17, 15) is 19.2 Å². The molecule has 204 valence electrons. The minimum Gasteiger partial charge on any atom is -0.303 e. The molecule has 0 fully saturated rings. The predicted octanol–water partition coefficient (Wildman–Crippen LogP) is 4.59. The van der Waals surface area contributed by atoms with Crippen molar-refractivity contribution in [2.45, 2.75) is 32.9 Å². The lowest BCUT2D eigenvalue weighted by Crippen LogP contribution is -2.42. The van der Waals surface area contributed by atoms with Gasteiger partial charge in [-0.1, -0.05) is 67.9 Å². The van der Waals surface area contributed by atoms with Crippen molar-refractivity contribution in [2.75, 3.05) is 4.90 Å². The van der Waals surface area contributed by atoms with E-state index in [1.807, 2.05) is 43.3 Å². The average Bonchev–Trinajstić information content (AvgIpc) is 3.27. The van der Waals surface area contributed by atoms with Crippen molar-refractivity contribution in [2.24, 2.45) is 0 Å². The van der Waals surface area contributed by atoms with E-state index in [1.54, 1.807) is 53.4 Å². The maximum absolute atomic E-state index is 13.1. The number of aromatic nitrogens is 2. The number of nitrogens with zero attached hydrogens (tertiary/aromatic N) is 3. The highest BCUT2D eigenvalue weighted by molar-refractivity contribution is 6.24. The fourth-order valence-electron chi connectivity index (χ4n) is 5.19. The van der Waals surface area contributed by atoms with E-state index in [0.29, 0.717) is 35.0 Å². The van der Waals surface area contributed by atoms with Gasteiger partial charge in [0.2, 0.25) is 0 Å². The molecule has 41 heavy (non-hydrogen) atoms. The van der Waals surface area contributed by atoms with Crippen molar-refractivity contribution in [1.29, 1.82) is 0 Å². The van der Waals surface area contributed by atoms with Crippen molar-refractivity contribution in [3.05, 3.63) is 118 Å². The first-order chi connectivity index (χ1) is 20.0. The highest BCUT2D eigenvalue weighted by Crippen LogP contribution is 2.38. The van der Waals surface area contributed by atoms with Gasteiger partial charge in [-0.15, -0.1) is 0 Å². The van der Waals surface area contributed by atoms with Crippen LogP contribution in [0.4, 0.5) is 5.69 Å². The van der Waals surface area contributed by atoms with E-state index in [-0.39, 0.29) is 17.2 Å². The molecule has 6 rings (SSSR count). The van der Waals surface area contributed by atoms with Gasteiger partial charge in [0.1, 0.15) is 0 Å². The molecule has 0 aliphatic carbocycles. The number of fused-ring (bicyclic) bond motifs is 1. The molecule has 3 amide bonds. The minimum absolute atomic E-state index is 0.0523. The quantitative estimate of drug-likeness (QED) is 0.291. The number of hydrogen-bond donors (Lipinski definition) is 2. The predicted molar refractivity (Wildman–Crippen MR) is 157 cm³/mol. The maximum atomic E-state index is 13.1. The van der Waals surface area contributed by atoms with Crippen LogP contribution in [0.1, 0.15) is 56.5 Å². The molecule has 0 radical (unpaired) electrons. The Bertz CT molecular complexity index is 1890. The number of unbranched alkanes of at least 4 members (excludes halogenated alkanes) is 1. The lowest BCUT2D eigenvalue weighted by atomic mass is 10.1. The molecular weight excluding hydrogens is 518 g/mol. The number of nitrogens with one attached hydrogen (secondary N) is 2. The fraction of sp³-hybridized carbons (Fsp3) is 0.156. The van der Waals surface area contributed by atoms with E-state index in [4.69, 9.17) is 0 Å². The van der Waals surface area contributed by atoms with Gasteiger partial charge in [0.25, 0.3) is 23.3 Å². The standard InChI is InChI=1S/C32H27N5O4/c1-2-3-18-37-32(41)24-11-5-4-10-23(24)28(35-37)30(39)34-33-29(38)22-16-14-20(15-17-22)19-36-26-13-7-9-21-8-6-12-25(27(21)26)31(36)40/h4-17H,2-3,18-19H2,1H3,(H,33,38)(H,34,39). The van der Waals surface area contributed by atoms with Crippen LogP contribution in [0, 0.1) is 0 Å². The summed E-state index contributed by atoms with van der Waals surface area (Å²) in [4.78, 5) is 53.5. The SMILES string of the molecule is CCCCn1nc(C(=O)NNC(=O)c2ccc(CN3C(=O)c4cccc5cccc3c45)cc2)c2ccccc2c1=O. The third kappa shape index (κ3) is 4.71. The third-order valence-corrected chi connectivity index (χ3v) is 7.30. The lowest BCUT2D eigenvalue weighted by molar-refractivity contribution is 0.0843. The monoisotopic (exact) mass is 545 g/mol. The van der Waals surface area contributed by atoms with Crippen LogP contribution in [0.25, 0.3) is 21.5 Å². The minimum atomic E-state index is -0.627. The summed E-state index contributed by atoms with van der Waals surface area (Å²) in [6.45, 7) is 2.76. The summed E-state index contributed by atoms with van der Waals surface area (Å²) in [6, 6.07) is 25.2. The Hall–Kier alpha value is -5.31. The topological polar surface area (TPSA) is 113 Å². The van der Waals surface area contributed by atoms with Crippen molar-refractivity contribution >= 4 is 45.0 Å². The number of anilines is 1. The molecule has 1 aliphatic rings. The molecule has 9 nitrogen and oxygen atoms in total. The molecule has 1 aromatic heterocycles. The Morgan fingerprint density at radius 2 is 1.51 bits per heavy atom. The van der Waals surface area contributed by atoms with Crippen LogP contribution in [0.5, 0.6) is 0 Å². The normalized spacial score (nSPS) is 12.2. The Labute approximate surface area is 235 Å². The first kappa shape index (κ1) is 25.9. The molecule has 2 heterocycles. The van der Waals surface area contributed by atoms with Crippen molar-refractivity contribution < 1.29 is 14.4 Å². The highest BCUT2D eigenvalue weighted by Gasteiger charge is 2.29. The van der Waals surface area contributed by atoms with Crippen LogP contribution in [0.2, 0.25) is 0 Å². The summed E-state index contributed by atoms with van der Waals surface area (Å²) in [5, 5.41) is 7.07. The average molecular weight is 546 g/mol. The number of benzene rings is 4. The second-order valence-corrected chi connectivity index (χ2v) is 9.95. The van der Waals surface area contributed by atoms with Crippen LogP contribution >= 0.6 is 0 Å². The van der Waals surface area contributed by atoms with Gasteiger partial charge in [-0.3, -0.25) is 30.0 Å². The van der Waals surface area contributed by atoms with Gasteiger partial charge in [0.15, 0.2) is 5.69 Å². The molecule has 2 N–H and O–H groups in total. The maximum Gasteiger partial charge on any atom is 0.290 e. The number of hydrazine groups is 1. The smallest absolute Gasteiger partial charge is 0.290 e. The van der Waals surface area contributed by atoms with Crippen LogP contribution in [-0.4, -0.2) is 27.5 Å². The zero-order chi connectivity index (χ0) is 28.5. The van der Waals surface area contributed by atoms with Gasteiger partial charge in [-0.05, 0) is 47.7 Å². The lowest BCUT2D eigenvalue weighted by Gasteiger charge is -2.18. The molecule has 9 heteroatoms. The molecule has 0 spiro atoms. The number of carbonyl (C=O) groups excluding carboxylic acids is 3. The summed E-state index contributed by atoms with van der Waals surface area (Å²) >= 11 is 0. The van der Waals surface area contributed by atoms with Gasteiger partial charge in [0.05, 0.1) is 17.6 Å². The number of hydrogen-bond acceptors (Lipinski definition) is 5. The Balaban J connectivity index is 1.15. The Morgan fingerprint density at radius 1 is 0.805 bits per heavy atom. The zero-order valence-corrected chi connectivity index (χ0v) is 22.4. The molecule has 1 aliphatic heterocycles. The molecule has 0 saturated heterocycles. The van der Waals surface area contributed by atoms with Gasteiger partial charge >= 0.3 is 0 Å². The molecule has 0 atom stereocenters. The zero-order valence-electron chi connectivity index (χ0n) is 22.4. The Kier molecular flexibility index (Phi) is 6.76. The Morgan fingerprint density at radius 3 is 2.27 bits per heavy atom. The van der Waals surface area contributed by atoms with Crippen LogP contribution in [-0.2, 0) is 13.1 Å². The number of carbonyl (C=O) groups is 3. The number of amides is 3. The highest BCUT2D eigenvalue weighted by atomic mass is 16.2. The summed E-state index contributed by atoms with van der Waals surface area (Å²) < 4.78 is 1.30. The van der Waals surface area contributed by atoms with Crippen molar-refractivity contribution in [1.82, 2.24) is 20.6 Å².